The molecule has 5 heteroatoms. The molecule has 20 heavy (non-hydrogen) atoms. The summed E-state index contributed by atoms with van der Waals surface area (Å²) in [6.07, 6.45) is 2.86. The van der Waals surface area contributed by atoms with Crippen LogP contribution in [0, 0.1) is 5.92 Å². The molecule has 1 amide bonds. The number of carbonyl (C=O) groups is 1. The Bertz CT molecular complexity index is 526. The fourth-order valence-electron chi connectivity index (χ4n) is 2.94. The molecule has 2 aliphatic heterocycles. The Hall–Kier alpha value is -1.36. The lowest BCUT2D eigenvalue weighted by atomic mass is 9.94. The first-order valence-electron chi connectivity index (χ1n) is 7.17. The smallest absolute Gasteiger partial charge is 0.269 e. The van der Waals surface area contributed by atoms with Crippen molar-refractivity contribution in [2.75, 3.05) is 13.1 Å². The van der Waals surface area contributed by atoms with Gasteiger partial charge in [0.05, 0.1) is 4.88 Å². The van der Waals surface area contributed by atoms with E-state index in [2.05, 4.69) is 12.1 Å². The van der Waals surface area contributed by atoms with Crippen molar-refractivity contribution < 1.29 is 9.63 Å². The minimum atomic E-state index is -0.823. The molecule has 0 unspecified atom stereocenters. The van der Waals surface area contributed by atoms with Crippen LogP contribution in [0.2, 0.25) is 0 Å². The van der Waals surface area contributed by atoms with Crippen molar-refractivity contribution in [3.8, 4) is 0 Å². The predicted molar refractivity (Wildman–Crippen MR) is 79.9 cm³/mol. The summed E-state index contributed by atoms with van der Waals surface area (Å²) in [7, 11) is 0. The lowest BCUT2D eigenvalue weighted by molar-refractivity contribution is -0.155. The Morgan fingerprint density at radius 2 is 2.45 bits per heavy atom. The van der Waals surface area contributed by atoms with Gasteiger partial charge in [0.25, 0.3) is 5.91 Å². The van der Waals surface area contributed by atoms with Gasteiger partial charge in [-0.15, -0.1) is 11.3 Å². The van der Waals surface area contributed by atoms with Crippen molar-refractivity contribution in [1.29, 1.82) is 0 Å². The second-order valence-corrected chi connectivity index (χ2v) is 6.96. The molecule has 3 rings (SSSR count). The van der Waals surface area contributed by atoms with Crippen LogP contribution < -0.4 is 0 Å². The third-order valence-electron chi connectivity index (χ3n) is 4.06. The van der Waals surface area contributed by atoms with E-state index in [1.807, 2.05) is 29.3 Å². The molecule has 0 aliphatic carbocycles. The van der Waals surface area contributed by atoms with Gasteiger partial charge in [0.1, 0.15) is 5.71 Å². The summed E-state index contributed by atoms with van der Waals surface area (Å²) in [6.45, 7) is 5.74. The number of thiophene rings is 1. The number of rotatable bonds is 2. The fraction of sp³-hybridized carbons (Fsp3) is 0.600. The molecule has 0 bridgehead atoms. The molecule has 0 aromatic carbocycles. The van der Waals surface area contributed by atoms with E-state index in [4.69, 9.17) is 4.84 Å². The average molecular weight is 292 g/mol. The van der Waals surface area contributed by atoms with Crippen LogP contribution in [0.1, 0.15) is 38.0 Å². The van der Waals surface area contributed by atoms with Crippen LogP contribution in [0.5, 0.6) is 0 Å². The first-order chi connectivity index (χ1) is 9.58. The van der Waals surface area contributed by atoms with Gasteiger partial charge in [0.2, 0.25) is 5.60 Å². The standard InChI is InChI=1S/C15H20N2O2S/c1-11-5-3-7-17(10-11)14(18)15(2)9-12(16-19-15)13-6-4-8-20-13/h4,6,8,11H,3,5,7,9-10H2,1-2H3/t11-,15+/m1/s1. The number of carbonyl (C=O) groups excluding carboxylic acids is 1. The van der Waals surface area contributed by atoms with Crippen molar-refractivity contribution >= 4 is 23.0 Å². The first-order valence-corrected chi connectivity index (χ1v) is 8.05. The summed E-state index contributed by atoms with van der Waals surface area (Å²) >= 11 is 1.63. The monoisotopic (exact) mass is 292 g/mol. The minimum absolute atomic E-state index is 0.0827. The number of hydrogen-bond acceptors (Lipinski definition) is 4. The van der Waals surface area contributed by atoms with E-state index in [0.29, 0.717) is 12.3 Å². The van der Waals surface area contributed by atoms with Crippen LogP contribution in [-0.2, 0) is 9.63 Å². The van der Waals surface area contributed by atoms with E-state index in [0.717, 1.165) is 30.1 Å². The van der Waals surface area contributed by atoms with Gasteiger partial charge in [0, 0.05) is 19.5 Å². The highest BCUT2D eigenvalue weighted by Crippen LogP contribution is 2.31. The van der Waals surface area contributed by atoms with Crippen LogP contribution in [0.25, 0.3) is 0 Å². The molecule has 2 atom stereocenters. The number of amides is 1. The van der Waals surface area contributed by atoms with Gasteiger partial charge >= 0.3 is 0 Å². The third kappa shape index (κ3) is 2.46. The molecule has 2 aliphatic rings. The zero-order valence-corrected chi connectivity index (χ0v) is 12.8. The molecule has 0 saturated carbocycles. The molecule has 3 heterocycles. The van der Waals surface area contributed by atoms with Gasteiger partial charge < -0.3 is 9.74 Å². The number of nitrogens with zero attached hydrogens (tertiary/aromatic N) is 2. The molecule has 108 valence electrons. The quantitative estimate of drug-likeness (QED) is 0.841. The molecular weight excluding hydrogens is 272 g/mol. The van der Waals surface area contributed by atoms with Crippen molar-refractivity contribution in [3.63, 3.8) is 0 Å². The highest BCUT2D eigenvalue weighted by Gasteiger charge is 2.45. The molecule has 1 fully saturated rings. The summed E-state index contributed by atoms with van der Waals surface area (Å²) in [4.78, 5) is 21.3. The van der Waals surface area contributed by atoms with E-state index < -0.39 is 5.60 Å². The summed E-state index contributed by atoms with van der Waals surface area (Å²) < 4.78 is 0. The van der Waals surface area contributed by atoms with Crippen molar-refractivity contribution in [3.05, 3.63) is 22.4 Å². The number of piperidine rings is 1. The normalized spacial score (nSPS) is 30.0. The fourth-order valence-corrected chi connectivity index (χ4v) is 3.64. The highest BCUT2D eigenvalue weighted by molar-refractivity contribution is 7.12. The maximum atomic E-state index is 12.7. The first kappa shape index (κ1) is 13.6. The Labute approximate surface area is 123 Å². The number of hydrogen-bond donors (Lipinski definition) is 0. The molecule has 0 N–H and O–H groups in total. The number of oxime groups is 1. The van der Waals surface area contributed by atoms with E-state index in [1.165, 1.54) is 6.42 Å². The van der Waals surface area contributed by atoms with Crippen LogP contribution in [0.4, 0.5) is 0 Å². The van der Waals surface area contributed by atoms with Crippen LogP contribution in [0.15, 0.2) is 22.7 Å². The molecule has 4 nitrogen and oxygen atoms in total. The van der Waals surface area contributed by atoms with E-state index in [-0.39, 0.29) is 5.91 Å². The second-order valence-electron chi connectivity index (χ2n) is 6.01. The predicted octanol–water partition coefficient (Wildman–Crippen LogP) is 2.89. The molecule has 1 aromatic heterocycles. The molecule has 1 aromatic rings. The lowest BCUT2D eigenvalue weighted by Crippen LogP contribution is -2.50. The largest absolute Gasteiger partial charge is 0.379 e. The van der Waals surface area contributed by atoms with Crippen LogP contribution in [-0.4, -0.2) is 35.2 Å². The van der Waals surface area contributed by atoms with Gasteiger partial charge in [0.15, 0.2) is 0 Å². The second kappa shape index (κ2) is 5.20. The van der Waals surface area contributed by atoms with Crippen LogP contribution >= 0.6 is 11.3 Å². The van der Waals surface area contributed by atoms with Gasteiger partial charge in [-0.25, -0.2) is 0 Å². The molecule has 0 radical (unpaired) electrons. The van der Waals surface area contributed by atoms with Crippen LogP contribution in [0.3, 0.4) is 0 Å². The van der Waals surface area contributed by atoms with Gasteiger partial charge in [-0.1, -0.05) is 18.1 Å². The SMILES string of the molecule is C[C@@H]1CCCN(C(=O)[C@]2(C)CC(c3cccs3)=NO2)C1. The van der Waals surface area contributed by atoms with Gasteiger partial charge in [-0.05, 0) is 37.1 Å². The maximum Gasteiger partial charge on any atom is 0.269 e. The maximum absolute atomic E-state index is 12.7. The highest BCUT2D eigenvalue weighted by atomic mass is 32.1. The Morgan fingerprint density at radius 3 is 3.15 bits per heavy atom. The van der Waals surface area contributed by atoms with Gasteiger partial charge in [-0.3, -0.25) is 4.79 Å². The summed E-state index contributed by atoms with van der Waals surface area (Å²) in [5.74, 6) is 0.662. The third-order valence-corrected chi connectivity index (χ3v) is 4.98. The van der Waals surface area contributed by atoms with E-state index in [9.17, 15) is 4.79 Å². The summed E-state index contributed by atoms with van der Waals surface area (Å²) in [6, 6.07) is 4.01. The van der Waals surface area contributed by atoms with Crippen molar-refractivity contribution in [2.24, 2.45) is 11.1 Å². The minimum Gasteiger partial charge on any atom is -0.379 e. The number of likely N-dealkylation sites (tertiary alicyclic amines) is 1. The topological polar surface area (TPSA) is 41.9 Å². The van der Waals surface area contributed by atoms with E-state index >= 15 is 0 Å². The Balaban J connectivity index is 1.70. The Kier molecular flexibility index (Phi) is 3.54. The van der Waals surface area contributed by atoms with Crippen molar-refractivity contribution in [2.45, 2.75) is 38.7 Å². The zero-order chi connectivity index (χ0) is 14.2. The lowest BCUT2D eigenvalue weighted by Gasteiger charge is -2.35. The van der Waals surface area contributed by atoms with Crippen molar-refractivity contribution in [1.82, 2.24) is 4.90 Å². The Morgan fingerprint density at radius 1 is 1.60 bits per heavy atom. The van der Waals surface area contributed by atoms with Gasteiger partial charge in [-0.2, -0.15) is 0 Å². The zero-order valence-electron chi connectivity index (χ0n) is 12.0. The summed E-state index contributed by atoms with van der Waals surface area (Å²) in [5, 5.41) is 6.16. The average Bonchev–Trinajstić information content (AvgIpc) is 3.07. The molecular formula is C15H20N2O2S. The molecule has 1 saturated heterocycles. The van der Waals surface area contributed by atoms with E-state index in [1.54, 1.807) is 11.3 Å². The summed E-state index contributed by atoms with van der Waals surface area (Å²) in [5.41, 5.74) is 0.0667. The molecule has 0 spiro atoms.